The van der Waals surface area contributed by atoms with Crippen LogP contribution in [0, 0.1) is 16.0 Å². The Morgan fingerprint density at radius 2 is 1.58 bits per heavy atom. The van der Waals surface area contributed by atoms with Gasteiger partial charge in [0.25, 0.3) is 5.69 Å². The van der Waals surface area contributed by atoms with Gasteiger partial charge in [0.05, 0.1) is 4.92 Å². The Kier molecular flexibility index (Phi) is 6.06. The molecule has 2 aromatic rings. The number of nitro groups is 1. The number of anilines is 1. The third-order valence-corrected chi connectivity index (χ3v) is 3.69. The van der Waals surface area contributed by atoms with Crippen molar-refractivity contribution in [3.05, 3.63) is 64.2 Å². The number of nitro benzene ring substituents is 1. The maximum absolute atomic E-state index is 12.4. The van der Waals surface area contributed by atoms with Gasteiger partial charge in [0, 0.05) is 29.3 Å². The van der Waals surface area contributed by atoms with Crippen LogP contribution in [0.1, 0.15) is 31.1 Å². The van der Waals surface area contributed by atoms with Gasteiger partial charge in [0.15, 0.2) is 6.10 Å². The Balaban J connectivity index is 2.01. The number of nitrogens with zero attached hydrogens (tertiary/aromatic N) is 1. The summed E-state index contributed by atoms with van der Waals surface area (Å²) in [4.78, 5) is 34.3. The van der Waals surface area contributed by atoms with E-state index in [4.69, 9.17) is 4.74 Å². The molecule has 0 fully saturated rings. The maximum atomic E-state index is 12.4. The molecular formula is C19H20N2O5. The molecule has 0 aromatic heterocycles. The van der Waals surface area contributed by atoms with Crippen molar-refractivity contribution in [3.8, 4) is 5.75 Å². The Morgan fingerprint density at radius 3 is 2.08 bits per heavy atom. The van der Waals surface area contributed by atoms with E-state index in [0.717, 1.165) is 0 Å². The van der Waals surface area contributed by atoms with Gasteiger partial charge in [-0.15, -0.1) is 0 Å². The van der Waals surface area contributed by atoms with E-state index >= 15 is 0 Å². The fraction of sp³-hybridized carbons (Fsp3) is 0.263. The molecule has 2 rings (SSSR count). The first-order valence-corrected chi connectivity index (χ1v) is 8.14. The number of hydrogen-bond donors (Lipinski definition) is 1. The zero-order valence-electron chi connectivity index (χ0n) is 14.8. The summed E-state index contributed by atoms with van der Waals surface area (Å²) in [5.74, 6) is -0.0901. The van der Waals surface area contributed by atoms with Crippen LogP contribution < -0.4 is 10.1 Å². The van der Waals surface area contributed by atoms with Gasteiger partial charge in [-0.25, -0.2) is 0 Å². The molecule has 0 radical (unpaired) electrons. The summed E-state index contributed by atoms with van der Waals surface area (Å²) in [6.07, 6.45) is -0.757. The summed E-state index contributed by atoms with van der Waals surface area (Å²) in [6, 6.07) is 12.1. The van der Waals surface area contributed by atoms with E-state index in [9.17, 15) is 19.7 Å². The van der Waals surface area contributed by atoms with Gasteiger partial charge in [0.2, 0.25) is 11.7 Å². The summed E-state index contributed by atoms with van der Waals surface area (Å²) in [5, 5.41) is 13.4. The number of hydrogen-bond acceptors (Lipinski definition) is 5. The van der Waals surface area contributed by atoms with Crippen LogP contribution >= 0.6 is 0 Å². The van der Waals surface area contributed by atoms with Crippen LogP contribution in [-0.2, 0) is 4.79 Å². The molecule has 0 heterocycles. The van der Waals surface area contributed by atoms with Crippen LogP contribution in [0.4, 0.5) is 11.4 Å². The van der Waals surface area contributed by atoms with Crippen LogP contribution in [0.25, 0.3) is 0 Å². The first-order chi connectivity index (χ1) is 12.3. The number of nitrogens with one attached hydrogen (secondary N) is 1. The van der Waals surface area contributed by atoms with E-state index in [2.05, 4.69) is 5.32 Å². The molecule has 0 saturated carbocycles. The van der Waals surface area contributed by atoms with Crippen molar-refractivity contribution in [1.82, 2.24) is 0 Å². The fourth-order valence-electron chi connectivity index (χ4n) is 2.14. The quantitative estimate of drug-likeness (QED) is 0.462. The smallest absolute Gasteiger partial charge is 0.269 e. The van der Waals surface area contributed by atoms with Crippen molar-refractivity contribution in [2.24, 2.45) is 5.92 Å². The standard InChI is InChI=1S/C19H20N2O5/c1-12(2)19(23)20-15-6-4-14(5-7-15)18(22)13(3)26-17-10-8-16(9-11-17)21(24)25/h4-13H,1-3H3,(H,20,23). The number of ketones is 1. The number of ether oxygens (including phenoxy) is 1. The number of amides is 1. The minimum atomic E-state index is -0.757. The molecule has 0 spiro atoms. The Labute approximate surface area is 151 Å². The zero-order valence-corrected chi connectivity index (χ0v) is 14.8. The van der Waals surface area contributed by atoms with Gasteiger partial charge in [-0.2, -0.15) is 0 Å². The second-order valence-corrected chi connectivity index (χ2v) is 6.10. The van der Waals surface area contributed by atoms with Gasteiger partial charge in [0.1, 0.15) is 5.75 Å². The molecule has 7 nitrogen and oxygen atoms in total. The van der Waals surface area contributed by atoms with Crippen molar-refractivity contribution >= 4 is 23.1 Å². The average molecular weight is 356 g/mol. The summed E-state index contributed by atoms with van der Waals surface area (Å²) in [5.41, 5.74) is 1.02. The highest BCUT2D eigenvalue weighted by molar-refractivity contribution is 6.00. The summed E-state index contributed by atoms with van der Waals surface area (Å²) >= 11 is 0. The van der Waals surface area contributed by atoms with Gasteiger partial charge in [-0.05, 0) is 43.3 Å². The molecular weight excluding hydrogens is 336 g/mol. The largest absolute Gasteiger partial charge is 0.483 e. The highest BCUT2D eigenvalue weighted by Gasteiger charge is 2.18. The van der Waals surface area contributed by atoms with Crippen molar-refractivity contribution < 1.29 is 19.2 Å². The van der Waals surface area contributed by atoms with E-state index in [1.165, 1.54) is 24.3 Å². The van der Waals surface area contributed by atoms with Crippen LogP contribution in [0.3, 0.4) is 0 Å². The number of carbonyl (C=O) groups is 2. The average Bonchev–Trinajstić information content (AvgIpc) is 2.62. The SMILES string of the molecule is CC(C)C(=O)Nc1ccc(C(=O)C(C)Oc2ccc([N+](=O)[O-])cc2)cc1. The lowest BCUT2D eigenvalue weighted by molar-refractivity contribution is -0.384. The molecule has 7 heteroatoms. The topological polar surface area (TPSA) is 98.5 Å². The minimum Gasteiger partial charge on any atom is -0.483 e. The molecule has 0 aliphatic rings. The van der Waals surface area contributed by atoms with E-state index in [1.807, 2.05) is 0 Å². The molecule has 1 N–H and O–H groups in total. The zero-order chi connectivity index (χ0) is 19.3. The predicted molar refractivity (Wildman–Crippen MR) is 97.4 cm³/mol. The number of non-ortho nitro benzene ring substituents is 1. The maximum Gasteiger partial charge on any atom is 0.269 e. The predicted octanol–water partition coefficient (Wildman–Crippen LogP) is 3.84. The highest BCUT2D eigenvalue weighted by atomic mass is 16.6. The lowest BCUT2D eigenvalue weighted by atomic mass is 10.1. The van der Waals surface area contributed by atoms with Crippen molar-refractivity contribution in [2.75, 3.05) is 5.32 Å². The van der Waals surface area contributed by atoms with E-state index < -0.39 is 11.0 Å². The minimum absolute atomic E-state index is 0.0460. The normalized spacial score (nSPS) is 11.7. The van der Waals surface area contributed by atoms with Crippen molar-refractivity contribution in [3.63, 3.8) is 0 Å². The van der Waals surface area contributed by atoms with Gasteiger partial charge in [-0.1, -0.05) is 13.8 Å². The molecule has 0 aliphatic heterocycles. The molecule has 1 amide bonds. The number of Topliss-reactive ketones (excluding diaryl/α,β-unsaturated/α-hetero) is 1. The monoisotopic (exact) mass is 356 g/mol. The second-order valence-electron chi connectivity index (χ2n) is 6.10. The van der Waals surface area contributed by atoms with Crippen molar-refractivity contribution in [1.29, 1.82) is 0 Å². The Bertz CT molecular complexity index is 798. The molecule has 1 unspecified atom stereocenters. The highest BCUT2D eigenvalue weighted by Crippen LogP contribution is 2.20. The molecule has 2 aromatic carbocycles. The van der Waals surface area contributed by atoms with Crippen molar-refractivity contribution in [2.45, 2.75) is 26.9 Å². The molecule has 26 heavy (non-hydrogen) atoms. The van der Waals surface area contributed by atoms with E-state index in [0.29, 0.717) is 17.0 Å². The van der Waals surface area contributed by atoms with Gasteiger partial charge in [-0.3, -0.25) is 19.7 Å². The van der Waals surface area contributed by atoms with Crippen LogP contribution in [0.15, 0.2) is 48.5 Å². The molecule has 0 aliphatic carbocycles. The third kappa shape index (κ3) is 4.89. The molecule has 0 bridgehead atoms. The third-order valence-electron chi connectivity index (χ3n) is 3.69. The first-order valence-electron chi connectivity index (χ1n) is 8.14. The number of carbonyl (C=O) groups excluding carboxylic acids is 2. The Morgan fingerprint density at radius 1 is 1.00 bits per heavy atom. The molecule has 1 atom stereocenters. The van der Waals surface area contributed by atoms with E-state index in [-0.39, 0.29) is 23.3 Å². The van der Waals surface area contributed by atoms with E-state index in [1.54, 1.807) is 45.0 Å². The number of benzene rings is 2. The first kappa shape index (κ1) is 19.1. The van der Waals surface area contributed by atoms with Gasteiger partial charge < -0.3 is 10.1 Å². The summed E-state index contributed by atoms with van der Waals surface area (Å²) in [7, 11) is 0. The second kappa shape index (κ2) is 8.24. The molecule has 136 valence electrons. The van der Waals surface area contributed by atoms with Crippen LogP contribution in [-0.4, -0.2) is 22.7 Å². The van der Waals surface area contributed by atoms with Crippen LogP contribution in [0.2, 0.25) is 0 Å². The lowest BCUT2D eigenvalue weighted by Crippen LogP contribution is -2.24. The lowest BCUT2D eigenvalue weighted by Gasteiger charge is -2.14. The summed E-state index contributed by atoms with van der Waals surface area (Å²) < 4.78 is 5.55. The number of rotatable bonds is 7. The Hall–Kier alpha value is -3.22. The fourth-order valence-corrected chi connectivity index (χ4v) is 2.14. The molecule has 0 saturated heterocycles. The summed E-state index contributed by atoms with van der Waals surface area (Å²) in [6.45, 7) is 5.20. The van der Waals surface area contributed by atoms with Crippen LogP contribution in [0.5, 0.6) is 5.75 Å². The van der Waals surface area contributed by atoms with Gasteiger partial charge >= 0.3 is 0 Å².